The Morgan fingerprint density at radius 1 is 1.33 bits per heavy atom. The molecule has 0 saturated carbocycles. The van der Waals surface area contributed by atoms with Gasteiger partial charge < -0.3 is 19.4 Å². The van der Waals surface area contributed by atoms with E-state index in [9.17, 15) is 14.9 Å². The van der Waals surface area contributed by atoms with Gasteiger partial charge in [-0.05, 0) is 68.7 Å². The fourth-order valence-electron chi connectivity index (χ4n) is 3.56. The molecule has 1 fully saturated rings. The number of nitrogens with one attached hydrogen (secondary N) is 1. The molecule has 1 N–H and O–H groups in total. The van der Waals surface area contributed by atoms with Crippen LogP contribution in [0.5, 0.6) is 0 Å². The highest BCUT2D eigenvalue weighted by Gasteiger charge is 2.19. The number of carbonyl (C=O) groups is 2. The lowest BCUT2D eigenvalue weighted by Gasteiger charge is -2.14. The summed E-state index contributed by atoms with van der Waals surface area (Å²) in [5.41, 5.74) is 3.75. The van der Waals surface area contributed by atoms with Crippen LogP contribution < -0.4 is 5.32 Å². The first-order valence-corrected chi connectivity index (χ1v) is 9.82. The van der Waals surface area contributed by atoms with Gasteiger partial charge in [0.1, 0.15) is 11.6 Å². The first-order valence-electron chi connectivity index (χ1n) is 9.82. The minimum Gasteiger partial charge on any atom is -0.465 e. The molecule has 1 saturated heterocycles. The molecular weight excluding hydrogens is 382 g/mol. The van der Waals surface area contributed by atoms with Crippen LogP contribution in [-0.4, -0.2) is 36.3 Å². The van der Waals surface area contributed by atoms with Crippen LogP contribution in [-0.2, 0) is 20.8 Å². The predicted molar refractivity (Wildman–Crippen MR) is 113 cm³/mol. The molecule has 1 aliphatic heterocycles. The molecule has 0 unspecified atom stereocenters. The number of methoxy groups -OCH3 is 1. The van der Waals surface area contributed by atoms with Gasteiger partial charge in [-0.2, -0.15) is 5.26 Å². The van der Waals surface area contributed by atoms with Crippen molar-refractivity contribution in [2.24, 2.45) is 0 Å². The summed E-state index contributed by atoms with van der Waals surface area (Å²) in [5, 5.41) is 12.2. The van der Waals surface area contributed by atoms with Gasteiger partial charge in [0.2, 0.25) is 0 Å². The van der Waals surface area contributed by atoms with Gasteiger partial charge in [0.25, 0.3) is 5.91 Å². The minimum atomic E-state index is -0.507. The Bertz CT molecular complexity index is 1010. The third-order valence-electron chi connectivity index (χ3n) is 5.25. The summed E-state index contributed by atoms with van der Waals surface area (Å²) < 4.78 is 12.6. The fourth-order valence-corrected chi connectivity index (χ4v) is 3.56. The van der Waals surface area contributed by atoms with Crippen molar-refractivity contribution in [1.29, 1.82) is 5.26 Å². The average Bonchev–Trinajstić information content (AvgIpc) is 3.35. The van der Waals surface area contributed by atoms with Gasteiger partial charge in [-0.25, -0.2) is 4.79 Å². The van der Waals surface area contributed by atoms with Gasteiger partial charge in [0.05, 0.1) is 18.8 Å². The number of nitriles is 1. The quantitative estimate of drug-likeness (QED) is 0.448. The number of rotatable bonds is 6. The summed E-state index contributed by atoms with van der Waals surface area (Å²) in [4.78, 5) is 24.1. The third kappa shape index (κ3) is 4.78. The Labute approximate surface area is 175 Å². The Kier molecular flexibility index (Phi) is 6.70. The van der Waals surface area contributed by atoms with Crippen LogP contribution >= 0.6 is 0 Å². The highest BCUT2D eigenvalue weighted by molar-refractivity contribution is 6.09. The third-order valence-corrected chi connectivity index (χ3v) is 5.25. The number of nitrogens with zero attached hydrogens (tertiary/aromatic N) is 2. The molecule has 0 aliphatic carbocycles. The number of ether oxygens (including phenoxy) is 2. The van der Waals surface area contributed by atoms with Gasteiger partial charge in [-0.15, -0.1) is 0 Å². The second-order valence-electron chi connectivity index (χ2n) is 7.26. The van der Waals surface area contributed by atoms with Crippen LogP contribution in [0.25, 0.3) is 6.08 Å². The molecule has 0 radical (unpaired) electrons. The Hall–Kier alpha value is -3.37. The van der Waals surface area contributed by atoms with E-state index >= 15 is 0 Å². The van der Waals surface area contributed by atoms with Crippen LogP contribution in [0.1, 0.15) is 40.2 Å². The van der Waals surface area contributed by atoms with Crippen molar-refractivity contribution in [2.45, 2.75) is 39.3 Å². The van der Waals surface area contributed by atoms with E-state index in [0.717, 1.165) is 42.9 Å². The second-order valence-corrected chi connectivity index (χ2v) is 7.26. The normalized spacial score (nSPS) is 16.2. The Balaban J connectivity index is 1.75. The molecule has 1 amide bonds. The van der Waals surface area contributed by atoms with Crippen molar-refractivity contribution in [3.63, 3.8) is 0 Å². The summed E-state index contributed by atoms with van der Waals surface area (Å²) in [5.74, 6) is -0.962. The SMILES string of the molecule is COC(=O)c1ccc(NC(=O)/C(C#N)=C/c2cc(C)n(C[C@@H]3CCCO3)c2C)cc1. The Morgan fingerprint density at radius 3 is 2.67 bits per heavy atom. The van der Waals surface area contributed by atoms with Gasteiger partial charge in [-0.1, -0.05) is 0 Å². The minimum absolute atomic E-state index is 0.00408. The zero-order chi connectivity index (χ0) is 21.7. The van der Waals surface area contributed by atoms with E-state index in [4.69, 9.17) is 4.74 Å². The van der Waals surface area contributed by atoms with Gasteiger partial charge >= 0.3 is 5.97 Å². The first kappa shape index (κ1) is 21.3. The average molecular weight is 407 g/mol. The van der Waals surface area contributed by atoms with Crippen molar-refractivity contribution >= 4 is 23.6 Å². The monoisotopic (exact) mass is 407 g/mol. The lowest BCUT2D eigenvalue weighted by atomic mass is 10.1. The van der Waals surface area contributed by atoms with E-state index < -0.39 is 11.9 Å². The Morgan fingerprint density at radius 2 is 2.07 bits per heavy atom. The maximum atomic E-state index is 12.6. The molecule has 2 aromatic rings. The maximum absolute atomic E-state index is 12.6. The zero-order valence-electron chi connectivity index (χ0n) is 17.4. The number of hydrogen-bond acceptors (Lipinski definition) is 5. The lowest BCUT2D eigenvalue weighted by Crippen LogP contribution is -2.17. The van der Waals surface area contributed by atoms with Crippen LogP contribution in [0, 0.1) is 25.2 Å². The molecule has 7 heteroatoms. The van der Waals surface area contributed by atoms with Crippen LogP contribution in [0.15, 0.2) is 35.9 Å². The van der Waals surface area contributed by atoms with E-state index in [1.807, 2.05) is 26.0 Å². The summed E-state index contributed by atoms with van der Waals surface area (Å²) in [6.45, 7) is 5.56. The molecule has 156 valence electrons. The number of amides is 1. The molecule has 1 aromatic carbocycles. The standard InChI is InChI=1S/C23H25N3O4/c1-15-11-18(16(2)26(15)14-21-5-4-10-30-21)12-19(13-24)22(27)25-20-8-6-17(7-9-20)23(28)29-3/h6-9,11-12,21H,4-5,10,14H2,1-3H3,(H,25,27)/b19-12+/t21-/m0/s1. The number of aromatic nitrogens is 1. The van der Waals surface area contributed by atoms with Crippen LogP contribution in [0.2, 0.25) is 0 Å². The molecule has 3 rings (SSSR count). The molecule has 0 bridgehead atoms. The van der Waals surface area contributed by atoms with E-state index in [1.165, 1.54) is 7.11 Å². The molecule has 1 atom stereocenters. The van der Waals surface area contributed by atoms with Crippen LogP contribution in [0.3, 0.4) is 0 Å². The summed E-state index contributed by atoms with van der Waals surface area (Å²) >= 11 is 0. The van der Waals surface area contributed by atoms with E-state index in [1.54, 1.807) is 30.3 Å². The number of esters is 1. The molecule has 2 heterocycles. The zero-order valence-corrected chi connectivity index (χ0v) is 17.4. The largest absolute Gasteiger partial charge is 0.465 e. The van der Waals surface area contributed by atoms with E-state index in [2.05, 4.69) is 14.6 Å². The highest BCUT2D eigenvalue weighted by Crippen LogP contribution is 2.22. The van der Waals surface area contributed by atoms with Crippen molar-refractivity contribution in [3.8, 4) is 6.07 Å². The number of anilines is 1. The molecular formula is C23H25N3O4. The van der Waals surface area contributed by atoms with Crippen molar-refractivity contribution in [3.05, 3.63) is 58.4 Å². The number of hydrogen-bond donors (Lipinski definition) is 1. The summed E-state index contributed by atoms with van der Waals surface area (Å²) in [7, 11) is 1.31. The second kappa shape index (κ2) is 9.42. The van der Waals surface area contributed by atoms with Crippen molar-refractivity contribution < 1.29 is 19.1 Å². The lowest BCUT2D eigenvalue weighted by molar-refractivity contribution is -0.112. The maximum Gasteiger partial charge on any atom is 0.337 e. The molecule has 0 spiro atoms. The van der Waals surface area contributed by atoms with Gasteiger partial charge in [-0.3, -0.25) is 4.79 Å². The van der Waals surface area contributed by atoms with Crippen molar-refractivity contribution in [2.75, 3.05) is 19.0 Å². The molecule has 30 heavy (non-hydrogen) atoms. The topological polar surface area (TPSA) is 93.4 Å². The number of carbonyl (C=O) groups excluding carboxylic acids is 2. The smallest absolute Gasteiger partial charge is 0.337 e. The first-order chi connectivity index (χ1) is 14.4. The number of benzene rings is 1. The van der Waals surface area contributed by atoms with Gasteiger partial charge in [0.15, 0.2) is 0 Å². The van der Waals surface area contributed by atoms with Crippen LogP contribution in [0.4, 0.5) is 5.69 Å². The molecule has 1 aromatic heterocycles. The molecule has 1 aliphatic rings. The summed E-state index contributed by atoms with van der Waals surface area (Å²) in [6, 6.07) is 10.2. The van der Waals surface area contributed by atoms with Crippen molar-refractivity contribution in [1.82, 2.24) is 4.57 Å². The number of aryl methyl sites for hydroxylation is 1. The van der Waals surface area contributed by atoms with Gasteiger partial charge in [0, 0.05) is 30.2 Å². The summed E-state index contributed by atoms with van der Waals surface area (Å²) in [6.07, 6.45) is 3.93. The highest BCUT2D eigenvalue weighted by atomic mass is 16.5. The van der Waals surface area contributed by atoms with E-state index in [0.29, 0.717) is 11.3 Å². The van der Waals surface area contributed by atoms with E-state index in [-0.39, 0.29) is 11.7 Å². The fraction of sp³-hybridized carbons (Fsp3) is 0.348. The molecule has 7 nitrogen and oxygen atoms in total. The predicted octanol–water partition coefficient (Wildman–Crippen LogP) is 3.62.